The average Bonchev–Trinajstić information content (AvgIpc) is 2.59. The first-order chi connectivity index (χ1) is 11.3. The third kappa shape index (κ3) is 3.95. The number of hydrogen-bond acceptors (Lipinski definition) is 5. The Morgan fingerprint density at radius 2 is 2.35 bits per heavy atom. The van der Waals surface area contributed by atoms with Gasteiger partial charge in [-0.05, 0) is 24.0 Å². The second-order valence-corrected chi connectivity index (χ2v) is 6.51. The van der Waals surface area contributed by atoms with E-state index in [4.69, 9.17) is 11.6 Å². The zero-order chi connectivity index (χ0) is 16.1. The van der Waals surface area contributed by atoms with Gasteiger partial charge in [-0.2, -0.15) is 5.10 Å². The molecule has 7 heteroatoms. The smallest absolute Gasteiger partial charge is 0.224 e. The fourth-order valence-corrected chi connectivity index (χ4v) is 3.30. The maximum atomic E-state index is 11.8. The molecule has 0 saturated carbocycles. The molecule has 0 bridgehead atoms. The molecule has 1 aromatic carbocycles. The van der Waals surface area contributed by atoms with Gasteiger partial charge in [0.25, 0.3) is 0 Å². The number of allylic oxidation sites excluding steroid dienone is 1. The Morgan fingerprint density at radius 1 is 1.43 bits per heavy atom. The molecule has 2 heterocycles. The summed E-state index contributed by atoms with van der Waals surface area (Å²) in [5.41, 5.74) is 2.76. The third-order valence-electron chi connectivity index (χ3n) is 3.49. The molecule has 1 N–H and O–H groups in total. The number of rotatable bonds is 5. The highest BCUT2D eigenvalue weighted by Gasteiger charge is 2.22. The first-order valence-corrected chi connectivity index (χ1v) is 9.03. The SMILES string of the molecule is O=C(CCCCl)Nc1cccc(C2=NN=CC3=CSCCN32)c1. The Bertz CT molecular complexity index is 686. The van der Waals surface area contributed by atoms with Crippen molar-refractivity contribution in [3.8, 4) is 0 Å². The lowest BCUT2D eigenvalue weighted by Gasteiger charge is -2.30. The molecule has 2 aliphatic heterocycles. The highest BCUT2D eigenvalue weighted by Crippen LogP contribution is 2.24. The number of thioether (sulfide) groups is 1. The van der Waals surface area contributed by atoms with E-state index >= 15 is 0 Å². The summed E-state index contributed by atoms with van der Waals surface area (Å²) in [5, 5.41) is 13.4. The van der Waals surface area contributed by atoms with Gasteiger partial charge in [-0.1, -0.05) is 12.1 Å². The van der Waals surface area contributed by atoms with E-state index in [2.05, 4.69) is 25.8 Å². The molecule has 0 spiro atoms. The Morgan fingerprint density at radius 3 is 3.22 bits per heavy atom. The quantitative estimate of drug-likeness (QED) is 0.831. The van der Waals surface area contributed by atoms with Crippen molar-refractivity contribution in [3.63, 3.8) is 0 Å². The van der Waals surface area contributed by atoms with E-state index in [0.717, 1.165) is 35.1 Å². The largest absolute Gasteiger partial charge is 0.326 e. The van der Waals surface area contributed by atoms with Crippen LogP contribution in [0.2, 0.25) is 0 Å². The fraction of sp³-hybridized carbons (Fsp3) is 0.312. The summed E-state index contributed by atoms with van der Waals surface area (Å²) in [7, 11) is 0. The van der Waals surface area contributed by atoms with Gasteiger partial charge in [0.1, 0.15) is 0 Å². The van der Waals surface area contributed by atoms with E-state index in [0.29, 0.717) is 18.7 Å². The first kappa shape index (κ1) is 16.1. The zero-order valence-electron chi connectivity index (χ0n) is 12.5. The third-order valence-corrected chi connectivity index (χ3v) is 4.58. The van der Waals surface area contributed by atoms with Crippen molar-refractivity contribution in [3.05, 3.63) is 40.9 Å². The molecule has 120 valence electrons. The summed E-state index contributed by atoms with van der Waals surface area (Å²) < 4.78 is 0. The number of carbonyl (C=O) groups excluding carboxylic acids is 1. The number of anilines is 1. The standard InChI is InChI=1S/C16H17ClN4OS/c17-6-2-5-15(22)19-13-4-1-3-12(9-13)16-20-18-10-14-11-23-8-7-21(14)16/h1,3-4,9-11H,2,5-8H2,(H,19,22). The van der Waals surface area contributed by atoms with Gasteiger partial charge in [0.05, 0.1) is 11.9 Å². The van der Waals surface area contributed by atoms with Crippen molar-refractivity contribution in [2.24, 2.45) is 10.2 Å². The predicted octanol–water partition coefficient (Wildman–Crippen LogP) is 3.28. The molecule has 0 atom stereocenters. The van der Waals surface area contributed by atoms with Crippen LogP contribution in [0.1, 0.15) is 18.4 Å². The lowest BCUT2D eigenvalue weighted by molar-refractivity contribution is -0.116. The van der Waals surface area contributed by atoms with Gasteiger partial charge >= 0.3 is 0 Å². The number of nitrogens with one attached hydrogen (secondary N) is 1. The second kappa shape index (κ2) is 7.66. The van der Waals surface area contributed by atoms with Gasteiger partial charge in [-0.25, -0.2) is 0 Å². The van der Waals surface area contributed by atoms with Crippen LogP contribution >= 0.6 is 23.4 Å². The van der Waals surface area contributed by atoms with E-state index in [1.54, 1.807) is 18.0 Å². The van der Waals surface area contributed by atoms with Crippen molar-refractivity contribution >= 4 is 47.0 Å². The summed E-state index contributed by atoms with van der Waals surface area (Å²) in [6.45, 7) is 0.896. The van der Waals surface area contributed by atoms with Gasteiger partial charge in [0, 0.05) is 35.8 Å². The number of fused-ring (bicyclic) bond motifs is 1. The molecule has 0 aliphatic carbocycles. The normalized spacial score (nSPS) is 16.5. The van der Waals surface area contributed by atoms with Gasteiger partial charge in [-0.3, -0.25) is 4.79 Å². The molecular weight excluding hydrogens is 332 g/mol. The van der Waals surface area contributed by atoms with Crippen molar-refractivity contribution in [2.75, 3.05) is 23.5 Å². The maximum absolute atomic E-state index is 11.8. The molecule has 1 amide bonds. The highest BCUT2D eigenvalue weighted by molar-refractivity contribution is 8.02. The Kier molecular flexibility index (Phi) is 5.35. The molecule has 0 radical (unpaired) electrons. The summed E-state index contributed by atoms with van der Waals surface area (Å²) in [4.78, 5) is 14.0. The summed E-state index contributed by atoms with van der Waals surface area (Å²) in [6, 6.07) is 7.69. The van der Waals surface area contributed by atoms with E-state index in [9.17, 15) is 4.79 Å². The van der Waals surface area contributed by atoms with Crippen LogP contribution in [-0.2, 0) is 4.79 Å². The van der Waals surface area contributed by atoms with Gasteiger partial charge in [0.2, 0.25) is 5.91 Å². The monoisotopic (exact) mass is 348 g/mol. The fourth-order valence-electron chi connectivity index (χ4n) is 2.41. The summed E-state index contributed by atoms with van der Waals surface area (Å²) >= 11 is 7.40. The Labute approximate surface area is 144 Å². The number of amides is 1. The van der Waals surface area contributed by atoms with Gasteiger partial charge < -0.3 is 10.2 Å². The molecule has 0 saturated heterocycles. The van der Waals surface area contributed by atoms with E-state index in [1.165, 1.54) is 0 Å². The second-order valence-electron chi connectivity index (χ2n) is 5.15. The topological polar surface area (TPSA) is 57.1 Å². The Balaban J connectivity index is 1.78. The molecule has 5 nitrogen and oxygen atoms in total. The van der Waals surface area contributed by atoms with E-state index < -0.39 is 0 Å². The molecule has 0 fully saturated rings. The number of hydrogen-bond donors (Lipinski definition) is 1. The van der Waals surface area contributed by atoms with Crippen molar-refractivity contribution in [1.29, 1.82) is 0 Å². The number of nitrogens with zero attached hydrogens (tertiary/aromatic N) is 3. The van der Waals surface area contributed by atoms with Crippen molar-refractivity contribution in [1.82, 2.24) is 4.90 Å². The molecule has 0 aromatic heterocycles. The maximum Gasteiger partial charge on any atom is 0.224 e. The molecule has 0 unspecified atom stereocenters. The minimum Gasteiger partial charge on any atom is -0.326 e. The molecule has 3 rings (SSSR count). The zero-order valence-corrected chi connectivity index (χ0v) is 14.1. The average molecular weight is 349 g/mol. The van der Waals surface area contributed by atoms with Gasteiger partial charge in [-0.15, -0.1) is 28.5 Å². The molecular formula is C16H17ClN4OS. The lowest BCUT2D eigenvalue weighted by Crippen LogP contribution is -2.36. The van der Waals surface area contributed by atoms with Crippen LogP contribution in [0.15, 0.2) is 45.6 Å². The van der Waals surface area contributed by atoms with Crippen LogP contribution < -0.4 is 5.32 Å². The number of carbonyl (C=O) groups is 1. The van der Waals surface area contributed by atoms with Crippen LogP contribution in [0.4, 0.5) is 5.69 Å². The van der Waals surface area contributed by atoms with Crippen LogP contribution in [0, 0.1) is 0 Å². The highest BCUT2D eigenvalue weighted by atomic mass is 35.5. The van der Waals surface area contributed by atoms with Crippen LogP contribution in [-0.4, -0.2) is 41.0 Å². The predicted molar refractivity (Wildman–Crippen MR) is 97.3 cm³/mol. The number of alkyl halides is 1. The van der Waals surface area contributed by atoms with Crippen molar-refractivity contribution in [2.45, 2.75) is 12.8 Å². The van der Waals surface area contributed by atoms with Crippen LogP contribution in [0.25, 0.3) is 0 Å². The first-order valence-electron chi connectivity index (χ1n) is 7.44. The molecule has 1 aromatic rings. The van der Waals surface area contributed by atoms with Crippen LogP contribution in [0.5, 0.6) is 0 Å². The van der Waals surface area contributed by atoms with Crippen molar-refractivity contribution < 1.29 is 4.79 Å². The minimum atomic E-state index is -0.0265. The number of amidine groups is 1. The van der Waals surface area contributed by atoms with Crippen LogP contribution in [0.3, 0.4) is 0 Å². The van der Waals surface area contributed by atoms with E-state index in [-0.39, 0.29) is 5.91 Å². The lowest BCUT2D eigenvalue weighted by atomic mass is 10.1. The summed E-state index contributed by atoms with van der Waals surface area (Å²) in [6.07, 6.45) is 2.87. The molecule has 2 aliphatic rings. The minimum absolute atomic E-state index is 0.0265. The number of halogens is 1. The Hall–Kier alpha value is -1.79. The van der Waals surface area contributed by atoms with E-state index in [1.807, 2.05) is 24.3 Å². The summed E-state index contributed by atoms with van der Waals surface area (Å²) in [5.74, 6) is 2.30. The molecule has 23 heavy (non-hydrogen) atoms. The van der Waals surface area contributed by atoms with Gasteiger partial charge in [0.15, 0.2) is 5.84 Å². The number of benzene rings is 1.